The number of halogens is 1. The van der Waals surface area contributed by atoms with Gasteiger partial charge in [0, 0.05) is 13.0 Å². The molecule has 1 amide bonds. The summed E-state index contributed by atoms with van der Waals surface area (Å²) in [6.07, 6.45) is 4.10. The van der Waals surface area contributed by atoms with Crippen molar-refractivity contribution in [2.24, 2.45) is 22.2 Å². The number of piperidine rings is 1. The van der Waals surface area contributed by atoms with E-state index in [9.17, 15) is 9.18 Å². The van der Waals surface area contributed by atoms with E-state index in [0.717, 1.165) is 18.4 Å². The molecule has 3 rings (SSSR count). The van der Waals surface area contributed by atoms with E-state index in [2.05, 4.69) is 11.2 Å². The summed E-state index contributed by atoms with van der Waals surface area (Å²) in [7, 11) is 0. The van der Waals surface area contributed by atoms with Crippen molar-refractivity contribution in [1.29, 1.82) is 5.26 Å². The largest absolute Gasteiger partial charge is 0.397 e. The molecule has 1 fully saturated rings. The summed E-state index contributed by atoms with van der Waals surface area (Å²) < 4.78 is 13.9. The molecule has 7 nitrogen and oxygen atoms in total. The smallest absolute Gasteiger partial charge is 0.254 e. The van der Waals surface area contributed by atoms with Gasteiger partial charge in [0.05, 0.1) is 18.3 Å². The zero-order valence-corrected chi connectivity index (χ0v) is 17.1. The Morgan fingerprint density at radius 2 is 1.87 bits per heavy atom. The highest BCUT2D eigenvalue weighted by atomic mass is 19.1. The third-order valence-electron chi connectivity index (χ3n) is 5.25. The fraction of sp³-hybridized carbons (Fsp3) is 0.261. The van der Waals surface area contributed by atoms with Crippen molar-refractivity contribution in [1.82, 2.24) is 4.90 Å². The molecule has 0 spiro atoms. The van der Waals surface area contributed by atoms with Crippen molar-refractivity contribution >= 4 is 17.4 Å². The maximum atomic E-state index is 13.9. The second-order valence-corrected chi connectivity index (χ2v) is 7.47. The SMILES string of the molecule is N#CN1CCC[C@@H](N=C(N)C(C(N)=O)=C(N)c2ccc(Cc3ccccc3F)cc2)C1. The van der Waals surface area contributed by atoms with Gasteiger partial charge >= 0.3 is 0 Å². The van der Waals surface area contributed by atoms with Crippen LogP contribution in [0.1, 0.15) is 29.5 Å². The Morgan fingerprint density at radius 1 is 1.16 bits per heavy atom. The first kappa shape index (κ1) is 21.8. The monoisotopic (exact) mass is 420 g/mol. The number of aliphatic imine (C=N–C) groups is 1. The molecule has 8 heteroatoms. The van der Waals surface area contributed by atoms with Gasteiger partial charge in [0.25, 0.3) is 5.91 Å². The zero-order valence-electron chi connectivity index (χ0n) is 17.1. The van der Waals surface area contributed by atoms with Crippen molar-refractivity contribution in [3.05, 3.63) is 76.6 Å². The summed E-state index contributed by atoms with van der Waals surface area (Å²) >= 11 is 0. The molecule has 0 aliphatic carbocycles. The summed E-state index contributed by atoms with van der Waals surface area (Å²) in [6, 6.07) is 13.5. The molecule has 0 unspecified atom stereocenters. The van der Waals surface area contributed by atoms with Crippen LogP contribution in [0.5, 0.6) is 0 Å². The molecule has 6 N–H and O–H groups in total. The molecule has 0 aromatic heterocycles. The molecule has 160 valence electrons. The van der Waals surface area contributed by atoms with Gasteiger partial charge in [0.2, 0.25) is 0 Å². The molecule has 0 bridgehead atoms. The molecule has 2 aromatic rings. The van der Waals surface area contributed by atoms with Crippen LogP contribution in [0.2, 0.25) is 0 Å². The van der Waals surface area contributed by atoms with Crippen molar-refractivity contribution < 1.29 is 9.18 Å². The fourth-order valence-corrected chi connectivity index (χ4v) is 3.62. The molecular formula is C23H25FN6O. The van der Waals surface area contributed by atoms with E-state index >= 15 is 0 Å². The van der Waals surface area contributed by atoms with Gasteiger partial charge in [-0.3, -0.25) is 9.79 Å². The van der Waals surface area contributed by atoms with Crippen LogP contribution < -0.4 is 17.2 Å². The number of benzene rings is 2. The lowest BCUT2D eigenvalue weighted by atomic mass is 10.00. The molecule has 1 heterocycles. The van der Waals surface area contributed by atoms with Crippen LogP contribution in [0, 0.1) is 17.3 Å². The number of primary amides is 1. The summed E-state index contributed by atoms with van der Waals surface area (Å²) in [5, 5.41) is 9.08. The minimum Gasteiger partial charge on any atom is -0.397 e. The van der Waals surface area contributed by atoms with Gasteiger partial charge in [0.1, 0.15) is 17.2 Å². The molecule has 1 aliphatic rings. The Kier molecular flexibility index (Phi) is 6.88. The quantitative estimate of drug-likeness (QED) is 0.284. The molecule has 31 heavy (non-hydrogen) atoms. The number of carbonyl (C=O) groups is 1. The van der Waals surface area contributed by atoms with E-state index in [1.165, 1.54) is 6.07 Å². The number of amides is 1. The van der Waals surface area contributed by atoms with Crippen LogP contribution in [-0.4, -0.2) is 35.8 Å². The number of hydrogen-bond donors (Lipinski definition) is 3. The van der Waals surface area contributed by atoms with Crippen LogP contribution in [0.15, 0.2) is 59.1 Å². The zero-order chi connectivity index (χ0) is 22.4. The number of nitriles is 1. The third kappa shape index (κ3) is 5.39. The van der Waals surface area contributed by atoms with Crippen molar-refractivity contribution in [2.45, 2.75) is 25.3 Å². The highest BCUT2D eigenvalue weighted by Crippen LogP contribution is 2.19. The van der Waals surface area contributed by atoms with Crippen LogP contribution >= 0.6 is 0 Å². The number of hydrogen-bond acceptors (Lipinski definition) is 5. The van der Waals surface area contributed by atoms with Crippen molar-refractivity contribution in [3.63, 3.8) is 0 Å². The van der Waals surface area contributed by atoms with E-state index in [0.29, 0.717) is 30.6 Å². The highest BCUT2D eigenvalue weighted by molar-refractivity contribution is 6.24. The van der Waals surface area contributed by atoms with E-state index in [1.807, 2.05) is 12.1 Å². The first-order valence-corrected chi connectivity index (χ1v) is 9.99. The molecule has 0 radical (unpaired) electrons. The predicted octanol–water partition coefficient (Wildman–Crippen LogP) is 1.87. The lowest BCUT2D eigenvalue weighted by Crippen LogP contribution is -2.37. The van der Waals surface area contributed by atoms with Crippen LogP contribution in [0.3, 0.4) is 0 Å². The van der Waals surface area contributed by atoms with Gasteiger partial charge in [-0.1, -0.05) is 42.5 Å². The maximum Gasteiger partial charge on any atom is 0.254 e. The Bertz CT molecular complexity index is 1050. The molecule has 1 saturated heterocycles. The van der Waals surface area contributed by atoms with Crippen LogP contribution in [0.25, 0.3) is 5.70 Å². The number of amidine groups is 1. The van der Waals surface area contributed by atoms with Crippen molar-refractivity contribution in [2.75, 3.05) is 13.1 Å². The molecule has 2 aromatic carbocycles. The van der Waals surface area contributed by atoms with Gasteiger partial charge in [0.15, 0.2) is 6.19 Å². The fourth-order valence-electron chi connectivity index (χ4n) is 3.62. The predicted molar refractivity (Wildman–Crippen MR) is 118 cm³/mol. The normalized spacial score (nSPS) is 17.6. The lowest BCUT2D eigenvalue weighted by Gasteiger charge is -2.26. The number of nitrogens with zero attached hydrogens (tertiary/aromatic N) is 3. The number of nitrogens with two attached hydrogens (primary N) is 3. The number of likely N-dealkylation sites (tertiary alicyclic amines) is 1. The number of carbonyl (C=O) groups excluding carboxylic acids is 1. The summed E-state index contributed by atoms with van der Waals surface area (Å²) in [6.45, 7) is 1.12. The third-order valence-corrected chi connectivity index (χ3v) is 5.25. The minimum absolute atomic E-state index is 0.0368. The molecule has 1 atom stereocenters. The highest BCUT2D eigenvalue weighted by Gasteiger charge is 2.22. The Morgan fingerprint density at radius 3 is 2.52 bits per heavy atom. The molecule has 1 aliphatic heterocycles. The standard InChI is InChI=1S/C23H25FN6O/c24-19-6-2-1-4-17(19)12-15-7-9-16(10-8-15)21(26)20(23(28)31)22(27)29-18-5-3-11-30(13-18)14-25/h1-2,4,6-10,18H,3,5,11-13,26H2,(H2,27,29)(H2,28,31)/t18-/m1/s1. The van der Waals surface area contributed by atoms with E-state index < -0.39 is 5.91 Å². The van der Waals surface area contributed by atoms with Gasteiger partial charge < -0.3 is 22.1 Å². The first-order valence-electron chi connectivity index (χ1n) is 9.99. The van der Waals surface area contributed by atoms with Gasteiger partial charge in [-0.15, -0.1) is 0 Å². The van der Waals surface area contributed by atoms with Gasteiger partial charge in [-0.2, -0.15) is 5.26 Å². The van der Waals surface area contributed by atoms with E-state index in [-0.39, 0.29) is 29.0 Å². The lowest BCUT2D eigenvalue weighted by molar-refractivity contribution is -0.114. The van der Waals surface area contributed by atoms with E-state index in [1.54, 1.807) is 35.2 Å². The van der Waals surface area contributed by atoms with Crippen molar-refractivity contribution in [3.8, 4) is 6.19 Å². The summed E-state index contributed by atoms with van der Waals surface area (Å²) in [5.41, 5.74) is 20.0. The first-order chi connectivity index (χ1) is 14.9. The van der Waals surface area contributed by atoms with Crippen LogP contribution in [-0.2, 0) is 11.2 Å². The topological polar surface area (TPSA) is 135 Å². The molecular weight excluding hydrogens is 395 g/mol. The Labute approximate surface area is 180 Å². The molecule has 0 saturated carbocycles. The maximum absolute atomic E-state index is 13.9. The summed E-state index contributed by atoms with van der Waals surface area (Å²) in [5.74, 6) is -1.07. The average Bonchev–Trinajstić information content (AvgIpc) is 2.75. The van der Waals surface area contributed by atoms with Crippen LogP contribution in [0.4, 0.5) is 4.39 Å². The van der Waals surface area contributed by atoms with Gasteiger partial charge in [-0.05, 0) is 35.6 Å². The minimum atomic E-state index is -0.776. The Balaban J connectivity index is 1.84. The number of rotatable bonds is 6. The van der Waals surface area contributed by atoms with E-state index in [4.69, 9.17) is 22.5 Å². The second-order valence-electron chi connectivity index (χ2n) is 7.47. The summed E-state index contributed by atoms with van der Waals surface area (Å²) in [4.78, 5) is 18.1. The second kappa shape index (κ2) is 9.76. The van der Waals surface area contributed by atoms with Gasteiger partial charge in [-0.25, -0.2) is 4.39 Å². The Hall–Kier alpha value is -3.86. The average molecular weight is 420 g/mol.